The predicted octanol–water partition coefficient (Wildman–Crippen LogP) is 6.26. The van der Waals surface area contributed by atoms with Crippen molar-refractivity contribution in [3.8, 4) is 0 Å². The Morgan fingerprint density at radius 3 is 0.683 bits per heavy atom. The van der Waals surface area contributed by atoms with Gasteiger partial charge < -0.3 is 0 Å². The van der Waals surface area contributed by atoms with Gasteiger partial charge in [0, 0.05) is 0 Å². The maximum Gasteiger partial charge on any atom is 0.422 e. The maximum atomic E-state index is 14.3. The molecule has 232 valence electrons. The molecule has 0 saturated carbocycles. The largest absolute Gasteiger partial charge is 0.422 e. The van der Waals surface area contributed by atoms with E-state index in [1.54, 1.807) is 0 Å². The molecule has 41 heavy (non-hydrogen) atoms. The Morgan fingerprint density at radius 1 is 0.366 bits per heavy atom. The molecule has 25 heteroatoms. The van der Waals surface area contributed by atoms with Crippen LogP contribution in [-0.4, -0.2) is 16.8 Å². The van der Waals surface area contributed by atoms with Crippen LogP contribution in [0.15, 0.2) is 9.79 Å². The molecular weight excluding hydrogens is 676 g/mol. The van der Waals surface area contributed by atoms with Gasteiger partial charge in [0.15, 0.2) is 44.7 Å². The van der Waals surface area contributed by atoms with E-state index in [0.717, 1.165) is 0 Å². The quantitative estimate of drug-likeness (QED) is 0.388. The van der Waals surface area contributed by atoms with Crippen molar-refractivity contribution in [1.82, 2.24) is 4.13 Å². The first kappa shape index (κ1) is 34.2. The first-order chi connectivity index (χ1) is 17.9. The third kappa shape index (κ3) is 6.00. The van der Waals surface area contributed by atoms with Crippen LogP contribution in [0, 0.1) is 34.9 Å². The van der Waals surface area contributed by atoms with Gasteiger partial charge in [0.05, 0.1) is 0 Å². The molecule has 0 fully saturated rings. The second-order valence-electron chi connectivity index (χ2n) is 7.12. The third-order valence-electron chi connectivity index (χ3n) is 4.44. The second kappa shape index (κ2) is 9.81. The van der Waals surface area contributed by atoms with E-state index in [2.05, 4.69) is 0 Å². The van der Waals surface area contributed by atoms with Crippen molar-refractivity contribution < 1.29 is 95.9 Å². The van der Waals surface area contributed by atoms with Gasteiger partial charge in [0.25, 0.3) is 20.0 Å². The first-order valence-corrected chi connectivity index (χ1v) is 11.9. The summed E-state index contributed by atoms with van der Waals surface area (Å²) in [6, 6.07) is 0. The topological polar surface area (TPSA) is 80.3 Å². The highest BCUT2D eigenvalue weighted by Crippen LogP contribution is 2.46. The Labute approximate surface area is 212 Å². The number of hydrogen-bond acceptors (Lipinski definition) is 4. The van der Waals surface area contributed by atoms with Gasteiger partial charge in [-0.25, -0.2) is 43.2 Å². The van der Waals surface area contributed by atoms with Crippen LogP contribution < -0.4 is 4.13 Å². The normalized spacial score (nSPS) is 14.1. The van der Waals surface area contributed by atoms with E-state index < -0.39 is 116 Å². The van der Waals surface area contributed by atoms with Gasteiger partial charge in [0.2, 0.25) is 0 Å². The monoisotopic (exact) mass is 677 g/mol. The lowest BCUT2D eigenvalue weighted by molar-refractivity contribution is -0.153. The Bertz CT molecular complexity index is 1430. The molecule has 0 saturated heterocycles. The van der Waals surface area contributed by atoms with Crippen LogP contribution in [0.25, 0.3) is 0 Å². The summed E-state index contributed by atoms with van der Waals surface area (Å²) in [4.78, 5) is -7.45. The second-order valence-corrected chi connectivity index (χ2v) is 10.6. The molecule has 0 bridgehead atoms. The number of benzene rings is 2. The van der Waals surface area contributed by atoms with Crippen LogP contribution >= 0.6 is 0 Å². The van der Waals surface area contributed by atoms with Crippen LogP contribution in [-0.2, 0) is 44.8 Å². The summed E-state index contributed by atoms with van der Waals surface area (Å²) in [5.41, 5.74) is -15.4. The molecule has 0 spiro atoms. The summed E-state index contributed by atoms with van der Waals surface area (Å²) in [5.74, 6) is -23.3. The van der Waals surface area contributed by atoms with Crippen LogP contribution in [0.5, 0.6) is 0 Å². The minimum absolute atomic E-state index is 0.448. The number of nitrogens with one attached hydrogen (secondary N) is 1. The summed E-state index contributed by atoms with van der Waals surface area (Å²) < 4.78 is 289. The summed E-state index contributed by atoms with van der Waals surface area (Å²) in [5, 5.41) is 0. The molecule has 2 rings (SSSR count). The van der Waals surface area contributed by atoms with Crippen molar-refractivity contribution in [3.63, 3.8) is 0 Å². The molecular formula is C16HF18NO4S2. The Morgan fingerprint density at radius 2 is 0.537 bits per heavy atom. The molecule has 0 aliphatic carbocycles. The number of alkyl halides is 12. The lowest BCUT2D eigenvalue weighted by atomic mass is 10.1. The van der Waals surface area contributed by atoms with E-state index in [4.69, 9.17) is 0 Å². The van der Waals surface area contributed by atoms with Gasteiger partial charge in [-0.15, -0.1) is 4.13 Å². The van der Waals surface area contributed by atoms with E-state index in [1.807, 2.05) is 0 Å². The fraction of sp³-hybridized carbons (Fsp3) is 0.250. The predicted molar refractivity (Wildman–Crippen MR) is 90.1 cm³/mol. The van der Waals surface area contributed by atoms with Gasteiger partial charge in [-0.3, -0.25) is 0 Å². The van der Waals surface area contributed by atoms with Crippen LogP contribution in [0.3, 0.4) is 0 Å². The molecule has 0 aromatic heterocycles. The first-order valence-electron chi connectivity index (χ1n) is 8.88. The molecule has 0 atom stereocenters. The van der Waals surface area contributed by atoms with Crippen molar-refractivity contribution in [2.24, 2.45) is 0 Å². The molecule has 2 aromatic carbocycles. The van der Waals surface area contributed by atoms with Crippen molar-refractivity contribution in [2.45, 2.75) is 34.5 Å². The molecule has 5 nitrogen and oxygen atoms in total. The number of hydrogen-bond donors (Lipinski definition) is 1. The number of halogens is 18. The highest BCUT2D eigenvalue weighted by atomic mass is 32.3. The van der Waals surface area contributed by atoms with E-state index in [0.29, 0.717) is 0 Å². The summed E-state index contributed by atoms with van der Waals surface area (Å²) in [6.45, 7) is 0. The molecule has 1 N–H and O–H groups in total. The Kier molecular flexibility index (Phi) is 8.19. The van der Waals surface area contributed by atoms with E-state index in [1.165, 1.54) is 0 Å². The van der Waals surface area contributed by atoms with Gasteiger partial charge in [-0.1, -0.05) is 0 Å². The van der Waals surface area contributed by atoms with E-state index in [9.17, 15) is 95.9 Å². The highest BCUT2D eigenvalue weighted by Gasteiger charge is 2.53. The van der Waals surface area contributed by atoms with Crippen molar-refractivity contribution in [1.29, 1.82) is 0 Å². The lowest BCUT2D eigenvalue weighted by Gasteiger charge is -2.20. The van der Waals surface area contributed by atoms with Gasteiger partial charge >= 0.3 is 24.7 Å². The standard InChI is InChI=1S/C16HF18NO4S2/c17-5-1(13(23,24)25)7(19)11(8(20)2(5)14(26,27)28)40(36,37)35-41(38,39)12-9(21)3(15(29,30)31)6(18)4(10(12)22)16(32,33)34/h35H. The molecule has 0 radical (unpaired) electrons. The third-order valence-corrected chi connectivity index (χ3v) is 7.99. The lowest BCUT2D eigenvalue weighted by Crippen LogP contribution is -2.36. The molecule has 0 aliphatic heterocycles. The average molecular weight is 677 g/mol. The van der Waals surface area contributed by atoms with Gasteiger partial charge in [-0.2, -0.15) is 52.7 Å². The zero-order valence-corrected chi connectivity index (χ0v) is 19.4. The minimum Gasteiger partial charge on any atom is -0.206 e. The molecule has 0 heterocycles. The van der Waals surface area contributed by atoms with Crippen molar-refractivity contribution in [3.05, 3.63) is 57.2 Å². The van der Waals surface area contributed by atoms with Crippen LogP contribution in [0.4, 0.5) is 79.0 Å². The van der Waals surface area contributed by atoms with Gasteiger partial charge in [-0.05, 0) is 0 Å². The molecule has 0 amide bonds. The summed E-state index contributed by atoms with van der Waals surface area (Å²) >= 11 is 0. The highest BCUT2D eigenvalue weighted by molar-refractivity contribution is 8.04. The molecule has 2 aromatic rings. The minimum atomic E-state index is -7.39. The molecule has 0 aliphatic rings. The average Bonchev–Trinajstić information content (AvgIpc) is 2.60. The Hall–Kier alpha value is -2.96. The van der Waals surface area contributed by atoms with Crippen molar-refractivity contribution in [2.75, 3.05) is 0 Å². The fourth-order valence-corrected chi connectivity index (χ4v) is 6.15. The maximum absolute atomic E-state index is 14.3. The SMILES string of the molecule is O=S(=O)(NS(=O)(=O)c1c(F)c(C(F)(F)F)c(F)c(C(F)(F)F)c1F)c1c(F)c(C(F)(F)F)c(F)c(C(F)(F)F)c1F. The summed E-state index contributed by atoms with van der Waals surface area (Å²) in [7, 11) is -14.8. The fourth-order valence-electron chi connectivity index (χ4n) is 2.98. The van der Waals surface area contributed by atoms with E-state index >= 15 is 0 Å². The van der Waals surface area contributed by atoms with E-state index in [-0.39, 0.29) is 0 Å². The van der Waals surface area contributed by atoms with Crippen LogP contribution in [0.2, 0.25) is 0 Å². The number of rotatable bonds is 4. The van der Waals surface area contributed by atoms with Gasteiger partial charge in [0.1, 0.15) is 22.3 Å². The zero-order valence-electron chi connectivity index (χ0n) is 17.8. The van der Waals surface area contributed by atoms with Crippen molar-refractivity contribution >= 4 is 20.0 Å². The smallest absolute Gasteiger partial charge is 0.206 e. The number of sulfonamides is 2. The Balaban J connectivity index is 3.07. The zero-order chi connectivity index (χ0) is 32.6. The molecule has 0 unspecified atom stereocenters. The van der Waals surface area contributed by atoms with Crippen LogP contribution in [0.1, 0.15) is 22.3 Å². The summed E-state index contributed by atoms with van der Waals surface area (Å²) in [6.07, 6.45) is -26.7.